The van der Waals surface area contributed by atoms with Crippen molar-refractivity contribution < 1.29 is 9.59 Å². The Morgan fingerprint density at radius 2 is 1.50 bits per heavy atom. The van der Waals surface area contributed by atoms with Gasteiger partial charge in [0.05, 0.1) is 6.54 Å². The van der Waals surface area contributed by atoms with E-state index in [-0.39, 0.29) is 18.2 Å². The first kappa shape index (κ1) is 19.4. The van der Waals surface area contributed by atoms with Crippen molar-refractivity contribution in [2.45, 2.75) is 26.8 Å². The summed E-state index contributed by atoms with van der Waals surface area (Å²) in [6.45, 7) is 4.32. The first-order chi connectivity index (χ1) is 13.5. The molecule has 0 aliphatic rings. The summed E-state index contributed by atoms with van der Waals surface area (Å²) < 4.78 is 0. The summed E-state index contributed by atoms with van der Waals surface area (Å²) in [6.07, 6.45) is -0.213. The lowest BCUT2D eigenvalue weighted by atomic mass is 10.1. The van der Waals surface area contributed by atoms with Crippen LogP contribution in [0.2, 0.25) is 0 Å². The topological polar surface area (TPSA) is 49.4 Å². The van der Waals surface area contributed by atoms with E-state index in [1.807, 2.05) is 92.7 Å². The average Bonchev–Trinajstić information content (AvgIpc) is 2.70. The molecule has 1 N–H and O–H groups in total. The highest BCUT2D eigenvalue weighted by Gasteiger charge is 2.20. The molecular weight excluding hydrogens is 348 g/mol. The minimum absolute atomic E-state index is 0.213. The Bertz CT molecular complexity index is 953. The van der Waals surface area contributed by atoms with E-state index < -0.39 is 0 Å². The molecule has 3 rings (SSSR count). The minimum atomic E-state index is -0.312. The number of carbonyl (C=O) groups is 2. The molecule has 0 bridgehead atoms. The molecule has 0 aromatic heterocycles. The third-order valence-electron chi connectivity index (χ3n) is 4.53. The second-order valence-electron chi connectivity index (χ2n) is 6.84. The third-order valence-corrected chi connectivity index (χ3v) is 4.53. The van der Waals surface area contributed by atoms with Gasteiger partial charge in [-0.3, -0.25) is 9.59 Å². The van der Waals surface area contributed by atoms with E-state index in [0.717, 1.165) is 28.1 Å². The van der Waals surface area contributed by atoms with Gasteiger partial charge in [-0.15, -0.1) is 0 Å². The van der Waals surface area contributed by atoms with Crippen LogP contribution in [0.3, 0.4) is 0 Å². The van der Waals surface area contributed by atoms with Crippen molar-refractivity contribution in [1.29, 1.82) is 0 Å². The second-order valence-corrected chi connectivity index (χ2v) is 6.84. The molecule has 3 aromatic rings. The quantitative estimate of drug-likeness (QED) is 0.628. The van der Waals surface area contributed by atoms with E-state index in [1.165, 1.54) is 0 Å². The van der Waals surface area contributed by atoms with Crippen molar-refractivity contribution in [2.24, 2.45) is 0 Å². The number of hydrogen-bond acceptors (Lipinski definition) is 2. The SMILES string of the molecule is Cc1ccc(C)c(NC(=O)CC(=O)N(Cc2ccccc2)c2ccccc2)c1. The minimum Gasteiger partial charge on any atom is -0.325 e. The van der Waals surface area contributed by atoms with Crippen LogP contribution in [0.15, 0.2) is 78.9 Å². The van der Waals surface area contributed by atoms with Crippen LogP contribution < -0.4 is 10.2 Å². The summed E-state index contributed by atoms with van der Waals surface area (Å²) in [5, 5.41) is 2.87. The van der Waals surface area contributed by atoms with E-state index in [0.29, 0.717) is 6.54 Å². The van der Waals surface area contributed by atoms with Crippen LogP contribution in [0, 0.1) is 13.8 Å². The number of rotatable bonds is 6. The summed E-state index contributed by atoms with van der Waals surface area (Å²) in [5.74, 6) is -0.550. The molecule has 0 atom stereocenters. The first-order valence-electron chi connectivity index (χ1n) is 9.29. The fourth-order valence-electron chi connectivity index (χ4n) is 3.00. The number of benzene rings is 3. The molecule has 0 unspecified atom stereocenters. The monoisotopic (exact) mass is 372 g/mol. The van der Waals surface area contributed by atoms with Gasteiger partial charge in [0.2, 0.25) is 11.8 Å². The zero-order valence-electron chi connectivity index (χ0n) is 16.2. The Kier molecular flexibility index (Phi) is 6.22. The number of nitrogens with one attached hydrogen (secondary N) is 1. The van der Waals surface area contributed by atoms with Gasteiger partial charge >= 0.3 is 0 Å². The van der Waals surface area contributed by atoms with Crippen molar-refractivity contribution >= 4 is 23.2 Å². The van der Waals surface area contributed by atoms with Crippen LogP contribution in [0.25, 0.3) is 0 Å². The standard InChI is InChI=1S/C24H24N2O2/c1-18-13-14-19(2)22(15-18)25-23(27)16-24(28)26(21-11-7-4-8-12-21)17-20-9-5-3-6-10-20/h3-15H,16-17H2,1-2H3,(H,25,27). The number of nitrogens with zero attached hydrogens (tertiary/aromatic N) is 1. The zero-order chi connectivity index (χ0) is 19.9. The van der Waals surface area contributed by atoms with Gasteiger partial charge < -0.3 is 10.2 Å². The third kappa shape index (κ3) is 5.07. The molecule has 0 aliphatic carbocycles. The van der Waals surface area contributed by atoms with Gasteiger partial charge in [-0.05, 0) is 48.7 Å². The predicted molar refractivity (Wildman–Crippen MR) is 113 cm³/mol. The van der Waals surface area contributed by atoms with Gasteiger partial charge in [0.15, 0.2) is 0 Å². The number of amides is 2. The van der Waals surface area contributed by atoms with E-state index >= 15 is 0 Å². The molecular formula is C24H24N2O2. The van der Waals surface area contributed by atoms with Gasteiger partial charge in [-0.1, -0.05) is 60.7 Å². The molecule has 2 amide bonds. The Labute approximate surface area is 165 Å². The molecule has 142 valence electrons. The molecule has 0 spiro atoms. The Balaban J connectivity index is 1.75. The molecule has 28 heavy (non-hydrogen) atoms. The molecule has 0 heterocycles. The number of para-hydroxylation sites is 1. The molecule has 0 saturated heterocycles. The van der Waals surface area contributed by atoms with Crippen molar-refractivity contribution in [3.63, 3.8) is 0 Å². The second kappa shape index (κ2) is 9.00. The van der Waals surface area contributed by atoms with Crippen LogP contribution in [0.4, 0.5) is 11.4 Å². The lowest BCUT2D eigenvalue weighted by Crippen LogP contribution is -2.33. The smallest absolute Gasteiger partial charge is 0.236 e. The molecule has 0 saturated carbocycles. The van der Waals surface area contributed by atoms with Crippen molar-refractivity contribution in [3.8, 4) is 0 Å². The maximum Gasteiger partial charge on any atom is 0.236 e. The molecule has 0 fully saturated rings. The van der Waals surface area contributed by atoms with Crippen LogP contribution in [-0.4, -0.2) is 11.8 Å². The summed E-state index contributed by atoms with van der Waals surface area (Å²) in [4.78, 5) is 27.1. The van der Waals surface area contributed by atoms with Crippen molar-refractivity contribution in [2.75, 3.05) is 10.2 Å². The largest absolute Gasteiger partial charge is 0.325 e. The Morgan fingerprint density at radius 1 is 0.857 bits per heavy atom. The zero-order valence-corrected chi connectivity index (χ0v) is 16.2. The van der Waals surface area contributed by atoms with Crippen molar-refractivity contribution in [3.05, 3.63) is 95.6 Å². The summed E-state index contributed by atoms with van der Waals surface area (Å²) in [6, 6.07) is 25.1. The molecule has 4 heteroatoms. The number of aryl methyl sites for hydroxylation is 2. The lowest BCUT2D eigenvalue weighted by molar-refractivity contribution is -0.125. The summed E-state index contributed by atoms with van der Waals surface area (Å²) >= 11 is 0. The van der Waals surface area contributed by atoms with Crippen LogP contribution in [0.5, 0.6) is 0 Å². The number of anilines is 2. The van der Waals surface area contributed by atoms with Crippen LogP contribution in [0.1, 0.15) is 23.1 Å². The predicted octanol–water partition coefficient (Wildman–Crippen LogP) is 4.87. The fourth-order valence-corrected chi connectivity index (χ4v) is 3.00. The number of hydrogen-bond donors (Lipinski definition) is 1. The highest BCUT2D eigenvalue weighted by Crippen LogP contribution is 2.20. The lowest BCUT2D eigenvalue weighted by Gasteiger charge is -2.23. The highest BCUT2D eigenvalue weighted by molar-refractivity contribution is 6.09. The normalized spacial score (nSPS) is 10.4. The van der Waals surface area contributed by atoms with Gasteiger partial charge in [0, 0.05) is 11.4 Å². The molecule has 0 radical (unpaired) electrons. The van der Waals surface area contributed by atoms with E-state index in [1.54, 1.807) is 4.90 Å². The van der Waals surface area contributed by atoms with E-state index in [9.17, 15) is 9.59 Å². The molecule has 4 nitrogen and oxygen atoms in total. The van der Waals surface area contributed by atoms with Gasteiger partial charge in [0.25, 0.3) is 0 Å². The maximum absolute atomic E-state index is 13.0. The maximum atomic E-state index is 13.0. The van der Waals surface area contributed by atoms with Crippen molar-refractivity contribution in [1.82, 2.24) is 0 Å². The van der Waals surface area contributed by atoms with Gasteiger partial charge in [-0.2, -0.15) is 0 Å². The Morgan fingerprint density at radius 3 is 2.18 bits per heavy atom. The molecule has 0 aliphatic heterocycles. The van der Waals surface area contributed by atoms with Crippen LogP contribution >= 0.6 is 0 Å². The number of carbonyl (C=O) groups excluding carboxylic acids is 2. The summed E-state index contributed by atoms with van der Waals surface area (Å²) in [7, 11) is 0. The first-order valence-corrected chi connectivity index (χ1v) is 9.29. The molecule has 3 aromatic carbocycles. The van der Waals surface area contributed by atoms with E-state index in [2.05, 4.69) is 5.32 Å². The van der Waals surface area contributed by atoms with E-state index in [4.69, 9.17) is 0 Å². The van der Waals surface area contributed by atoms with Crippen LogP contribution in [-0.2, 0) is 16.1 Å². The summed E-state index contributed by atoms with van der Waals surface area (Å²) in [5.41, 5.74) is 4.55. The van der Waals surface area contributed by atoms with Gasteiger partial charge in [0.1, 0.15) is 6.42 Å². The fraction of sp³-hybridized carbons (Fsp3) is 0.167. The van der Waals surface area contributed by atoms with Gasteiger partial charge in [-0.25, -0.2) is 0 Å². The average molecular weight is 372 g/mol. The Hall–Kier alpha value is -3.40. The highest BCUT2D eigenvalue weighted by atomic mass is 16.2.